The van der Waals surface area contributed by atoms with E-state index in [0.717, 1.165) is 15.7 Å². The molecule has 6 heteroatoms. The highest BCUT2D eigenvalue weighted by atomic mass is 79.9. The van der Waals surface area contributed by atoms with E-state index in [1.807, 2.05) is 31.2 Å². The van der Waals surface area contributed by atoms with Gasteiger partial charge in [-0.1, -0.05) is 40.7 Å². The smallest absolute Gasteiger partial charge is 0.257 e. The maximum absolute atomic E-state index is 12.2. The number of benzene rings is 2. The highest BCUT2D eigenvalue weighted by molar-refractivity contribution is 9.10. The molecule has 24 heavy (non-hydrogen) atoms. The summed E-state index contributed by atoms with van der Waals surface area (Å²) in [6.07, 6.45) is 1.67. The zero-order valence-corrected chi connectivity index (χ0v) is 15.5. The standard InChI is InChI=1S/C18H17BrN2O2S/c1-3-9-23-15-6-4-5-14(11-15)20-18(24)21-17(22)13-8-7-12(2)16(19)10-13/h3-8,10-11H,1,9H2,2H3,(H2,20,21,22,24). The topological polar surface area (TPSA) is 50.4 Å². The second kappa shape index (κ2) is 8.61. The van der Waals surface area contributed by atoms with Gasteiger partial charge in [-0.05, 0) is 49.0 Å². The Labute approximate surface area is 155 Å². The molecule has 0 spiro atoms. The van der Waals surface area contributed by atoms with Crippen LogP contribution in [0, 0.1) is 6.92 Å². The lowest BCUT2D eigenvalue weighted by atomic mass is 10.1. The fraction of sp³-hybridized carbons (Fsp3) is 0.111. The van der Waals surface area contributed by atoms with Crippen LogP contribution in [0.25, 0.3) is 0 Å². The van der Waals surface area contributed by atoms with Gasteiger partial charge in [0.05, 0.1) is 0 Å². The van der Waals surface area contributed by atoms with Crippen LogP contribution in [0.2, 0.25) is 0 Å². The van der Waals surface area contributed by atoms with E-state index in [9.17, 15) is 4.79 Å². The Morgan fingerprint density at radius 3 is 2.83 bits per heavy atom. The van der Waals surface area contributed by atoms with Crippen molar-refractivity contribution < 1.29 is 9.53 Å². The lowest BCUT2D eigenvalue weighted by Crippen LogP contribution is -2.34. The molecular formula is C18H17BrN2O2S. The minimum absolute atomic E-state index is 0.220. The molecule has 0 aromatic heterocycles. The first-order valence-corrected chi connectivity index (χ1v) is 8.42. The van der Waals surface area contributed by atoms with Gasteiger partial charge in [-0.2, -0.15) is 0 Å². The number of hydrogen-bond donors (Lipinski definition) is 2. The highest BCUT2D eigenvalue weighted by Crippen LogP contribution is 2.18. The minimum Gasteiger partial charge on any atom is -0.489 e. The Morgan fingerprint density at radius 2 is 2.12 bits per heavy atom. The summed E-state index contributed by atoms with van der Waals surface area (Å²) < 4.78 is 6.33. The molecule has 0 aliphatic carbocycles. The fourth-order valence-electron chi connectivity index (χ4n) is 1.89. The quantitative estimate of drug-likeness (QED) is 0.570. The number of ether oxygens (including phenoxy) is 1. The molecule has 0 radical (unpaired) electrons. The normalized spacial score (nSPS) is 9.92. The second-order valence-electron chi connectivity index (χ2n) is 5.00. The molecule has 2 aromatic rings. The van der Waals surface area contributed by atoms with Crippen molar-refractivity contribution in [2.45, 2.75) is 6.92 Å². The van der Waals surface area contributed by atoms with E-state index in [1.165, 1.54) is 0 Å². The Kier molecular flexibility index (Phi) is 6.52. The van der Waals surface area contributed by atoms with E-state index in [0.29, 0.717) is 17.9 Å². The Morgan fingerprint density at radius 1 is 1.33 bits per heavy atom. The SMILES string of the molecule is C=CCOc1cccc(NC(=S)NC(=O)c2ccc(C)c(Br)c2)c1. The van der Waals surface area contributed by atoms with Gasteiger partial charge in [0.1, 0.15) is 12.4 Å². The molecule has 0 bridgehead atoms. The minimum atomic E-state index is -0.271. The molecule has 2 rings (SSSR count). The molecule has 0 aliphatic rings. The van der Waals surface area contributed by atoms with Crippen molar-refractivity contribution in [3.8, 4) is 5.75 Å². The number of thiocarbonyl (C=S) groups is 1. The number of anilines is 1. The van der Waals surface area contributed by atoms with E-state index in [4.69, 9.17) is 17.0 Å². The van der Waals surface area contributed by atoms with Crippen LogP contribution in [-0.2, 0) is 0 Å². The van der Waals surface area contributed by atoms with E-state index >= 15 is 0 Å². The van der Waals surface area contributed by atoms with Crippen LogP contribution in [0.4, 0.5) is 5.69 Å². The largest absolute Gasteiger partial charge is 0.489 e. The van der Waals surface area contributed by atoms with Crippen molar-refractivity contribution >= 4 is 44.9 Å². The van der Waals surface area contributed by atoms with Crippen molar-refractivity contribution in [1.82, 2.24) is 5.32 Å². The molecule has 0 fully saturated rings. The average molecular weight is 405 g/mol. The van der Waals surface area contributed by atoms with Crippen LogP contribution < -0.4 is 15.4 Å². The summed E-state index contributed by atoms with van der Waals surface area (Å²) in [5, 5.41) is 5.84. The molecule has 124 valence electrons. The predicted molar refractivity (Wildman–Crippen MR) is 105 cm³/mol. The molecule has 0 atom stereocenters. The molecule has 0 heterocycles. The number of carbonyl (C=O) groups excluding carboxylic acids is 1. The Bertz CT molecular complexity index is 777. The van der Waals surface area contributed by atoms with Gasteiger partial charge in [0.2, 0.25) is 0 Å². The first-order chi connectivity index (χ1) is 11.5. The van der Waals surface area contributed by atoms with Crippen LogP contribution in [0.3, 0.4) is 0 Å². The van der Waals surface area contributed by atoms with Crippen LogP contribution in [-0.4, -0.2) is 17.6 Å². The molecule has 0 aliphatic heterocycles. The van der Waals surface area contributed by atoms with Gasteiger partial charge >= 0.3 is 0 Å². The molecule has 0 saturated carbocycles. The Hall–Kier alpha value is -2.18. The molecule has 0 unspecified atom stereocenters. The second-order valence-corrected chi connectivity index (χ2v) is 6.26. The fourth-order valence-corrected chi connectivity index (χ4v) is 2.48. The average Bonchev–Trinajstić information content (AvgIpc) is 2.55. The van der Waals surface area contributed by atoms with Crippen molar-refractivity contribution in [2.24, 2.45) is 0 Å². The first kappa shape index (κ1) is 18.2. The van der Waals surface area contributed by atoms with Crippen LogP contribution >= 0.6 is 28.1 Å². The number of aryl methyl sites for hydroxylation is 1. The summed E-state index contributed by atoms with van der Waals surface area (Å²) in [4.78, 5) is 12.2. The number of halogens is 1. The highest BCUT2D eigenvalue weighted by Gasteiger charge is 2.09. The maximum atomic E-state index is 12.2. The van der Waals surface area contributed by atoms with Gasteiger partial charge in [-0.25, -0.2) is 0 Å². The number of nitrogens with one attached hydrogen (secondary N) is 2. The van der Waals surface area contributed by atoms with Gasteiger partial charge in [0, 0.05) is 21.8 Å². The van der Waals surface area contributed by atoms with Crippen LogP contribution in [0.15, 0.2) is 59.6 Å². The van der Waals surface area contributed by atoms with Gasteiger partial charge in [-0.3, -0.25) is 10.1 Å². The monoisotopic (exact) mass is 404 g/mol. The van der Waals surface area contributed by atoms with Crippen molar-refractivity contribution in [2.75, 3.05) is 11.9 Å². The van der Waals surface area contributed by atoms with Crippen molar-refractivity contribution in [3.63, 3.8) is 0 Å². The van der Waals surface area contributed by atoms with E-state index in [1.54, 1.807) is 24.3 Å². The zero-order chi connectivity index (χ0) is 17.5. The predicted octanol–water partition coefficient (Wildman–Crippen LogP) is 4.45. The summed E-state index contributed by atoms with van der Waals surface area (Å²) in [5.41, 5.74) is 2.32. The summed E-state index contributed by atoms with van der Waals surface area (Å²) in [5.74, 6) is 0.420. The van der Waals surface area contributed by atoms with Gasteiger partial charge in [-0.15, -0.1) is 0 Å². The third-order valence-corrected chi connectivity index (χ3v) is 4.18. The van der Waals surface area contributed by atoms with E-state index < -0.39 is 0 Å². The Balaban J connectivity index is 1.98. The molecule has 1 amide bonds. The zero-order valence-electron chi connectivity index (χ0n) is 13.1. The van der Waals surface area contributed by atoms with Crippen LogP contribution in [0.5, 0.6) is 5.75 Å². The van der Waals surface area contributed by atoms with Gasteiger partial charge < -0.3 is 10.1 Å². The summed E-state index contributed by atoms with van der Waals surface area (Å²) in [6, 6.07) is 12.7. The molecule has 2 N–H and O–H groups in total. The lowest BCUT2D eigenvalue weighted by molar-refractivity contribution is 0.0977. The third-order valence-electron chi connectivity index (χ3n) is 3.12. The maximum Gasteiger partial charge on any atom is 0.257 e. The molecule has 0 saturated heterocycles. The number of hydrogen-bond acceptors (Lipinski definition) is 3. The van der Waals surface area contributed by atoms with Crippen LogP contribution in [0.1, 0.15) is 15.9 Å². The van der Waals surface area contributed by atoms with Crippen molar-refractivity contribution in [1.29, 1.82) is 0 Å². The number of amides is 1. The van der Waals surface area contributed by atoms with E-state index in [2.05, 4.69) is 33.1 Å². The molecule has 4 nitrogen and oxygen atoms in total. The number of carbonyl (C=O) groups is 1. The van der Waals surface area contributed by atoms with Gasteiger partial charge in [0.15, 0.2) is 5.11 Å². The third kappa shape index (κ3) is 5.18. The van der Waals surface area contributed by atoms with Crippen molar-refractivity contribution in [3.05, 3.63) is 70.7 Å². The number of rotatable bonds is 5. The first-order valence-electron chi connectivity index (χ1n) is 7.22. The lowest BCUT2D eigenvalue weighted by Gasteiger charge is -2.11. The molecule has 2 aromatic carbocycles. The summed E-state index contributed by atoms with van der Waals surface area (Å²) in [6.45, 7) is 5.99. The van der Waals surface area contributed by atoms with E-state index in [-0.39, 0.29) is 11.0 Å². The summed E-state index contributed by atoms with van der Waals surface area (Å²) in [7, 11) is 0. The van der Waals surface area contributed by atoms with Gasteiger partial charge in [0.25, 0.3) is 5.91 Å². The molecular weight excluding hydrogens is 388 g/mol. The summed E-state index contributed by atoms with van der Waals surface area (Å²) >= 11 is 8.60.